The number of nitrogens with one attached hydrogen (secondary N) is 2. The van der Waals surface area contributed by atoms with E-state index in [9.17, 15) is 4.79 Å². The first-order valence-corrected chi connectivity index (χ1v) is 9.82. The first-order chi connectivity index (χ1) is 13.7. The summed E-state index contributed by atoms with van der Waals surface area (Å²) in [6, 6.07) is 17.9. The zero-order valence-corrected chi connectivity index (χ0v) is 16.0. The van der Waals surface area contributed by atoms with Gasteiger partial charge in [-0.05, 0) is 48.3 Å². The number of carbonyl (C=O) groups is 1. The van der Waals surface area contributed by atoms with Crippen molar-refractivity contribution in [2.24, 2.45) is 0 Å². The first-order valence-electron chi connectivity index (χ1n) is 9.44. The van der Waals surface area contributed by atoms with Gasteiger partial charge in [-0.2, -0.15) is 0 Å². The van der Waals surface area contributed by atoms with E-state index in [1.54, 1.807) is 0 Å². The molecule has 0 spiro atoms. The van der Waals surface area contributed by atoms with Crippen LogP contribution in [0.1, 0.15) is 30.1 Å². The normalized spacial score (nSPS) is 21.3. The maximum Gasteiger partial charge on any atom is 0.270 e. The van der Waals surface area contributed by atoms with E-state index in [1.165, 1.54) is 0 Å². The quantitative estimate of drug-likeness (QED) is 0.817. The Labute approximate surface area is 169 Å². The molecule has 2 heterocycles. The van der Waals surface area contributed by atoms with E-state index in [-0.39, 0.29) is 17.6 Å². The highest BCUT2D eigenvalue weighted by atomic mass is 35.5. The smallest absolute Gasteiger partial charge is 0.270 e. The topological polar surface area (TPSA) is 44.4 Å². The monoisotopic (exact) mass is 389 g/mol. The molecule has 1 aliphatic carbocycles. The van der Waals surface area contributed by atoms with Gasteiger partial charge in [-0.25, -0.2) is 0 Å². The largest absolute Gasteiger partial charge is 0.355 e. The van der Waals surface area contributed by atoms with Crippen LogP contribution in [-0.4, -0.2) is 10.8 Å². The molecule has 5 heteroatoms. The molecule has 0 radical (unpaired) electrons. The lowest BCUT2D eigenvalue weighted by atomic mass is 10.0. The number of hydrogen-bond donors (Lipinski definition) is 2. The predicted octanol–water partition coefficient (Wildman–Crippen LogP) is 4.34. The Bertz CT molecular complexity index is 1020. The van der Waals surface area contributed by atoms with Crippen LogP contribution in [0.15, 0.2) is 90.4 Å². The van der Waals surface area contributed by atoms with Crippen LogP contribution in [0.4, 0.5) is 0 Å². The Morgan fingerprint density at radius 1 is 1.11 bits per heavy atom. The van der Waals surface area contributed by atoms with Gasteiger partial charge in [-0.1, -0.05) is 60.1 Å². The second-order valence-electron chi connectivity index (χ2n) is 7.37. The number of carbonyl (C=O) groups excluding carboxylic acids is 1. The van der Waals surface area contributed by atoms with Crippen molar-refractivity contribution in [2.75, 3.05) is 0 Å². The Balaban J connectivity index is 1.44. The van der Waals surface area contributed by atoms with Crippen molar-refractivity contribution < 1.29 is 4.79 Å². The van der Waals surface area contributed by atoms with Gasteiger partial charge < -0.3 is 15.5 Å². The van der Waals surface area contributed by atoms with Crippen LogP contribution in [0, 0.1) is 0 Å². The Morgan fingerprint density at radius 2 is 1.93 bits per heavy atom. The minimum absolute atomic E-state index is 0.0779. The molecule has 28 heavy (non-hydrogen) atoms. The van der Waals surface area contributed by atoms with E-state index in [0.29, 0.717) is 10.7 Å². The highest BCUT2D eigenvalue weighted by Crippen LogP contribution is 2.46. The molecule has 1 fully saturated rings. The maximum atomic E-state index is 13.2. The molecule has 1 saturated carbocycles. The average Bonchev–Trinajstić information content (AvgIpc) is 3.40. The number of halogens is 1. The fourth-order valence-electron chi connectivity index (χ4n) is 3.92. The van der Waals surface area contributed by atoms with Crippen LogP contribution >= 0.6 is 11.6 Å². The number of nitrogens with zero attached hydrogens (tertiary/aromatic N) is 1. The molecule has 1 unspecified atom stereocenters. The molecule has 0 saturated heterocycles. The van der Waals surface area contributed by atoms with Gasteiger partial charge in [0.2, 0.25) is 0 Å². The molecule has 4 nitrogen and oxygen atoms in total. The lowest BCUT2D eigenvalue weighted by Gasteiger charge is -2.26. The van der Waals surface area contributed by atoms with Crippen LogP contribution < -0.4 is 10.6 Å². The van der Waals surface area contributed by atoms with Gasteiger partial charge in [0.05, 0.1) is 11.2 Å². The van der Waals surface area contributed by atoms with Crippen LogP contribution in [-0.2, 0) is 10.3 Å². The highest BCUT2D eigenvalue weighted by Gasteiger charge is 2.47. The van der Waals surface area contributed by atoms with Gasteiger partial charge in [0.1, 0.15) is 11.9 Å². The Morgan fingerprint density at radius 3 is 2.68 bits per heavy atom. The summed E-state index contributed by atoms with van der Waals surface area (Å²) in [4.78, 5) is 15.3. The fraction of sp³-hybridized carbons (Fsp3) is 0.174. The van der Waals surface area contributed by atoms with Crippen molar-refractivity contribution >= 4 is 17.5 Å². The zero-order valence-electron chi connectivity index (χ0n) is 15.2. The SMILES string of the molecule is O=C(NC1(c2ccccc2)CC1)C1=C2C=CC=CN2C(c2cccc(Cl)c2)N1. The molecule has 0 aromatic heterocycles. The summed E-state index contributed by atoms with van der Waals surface area (Å²) in [7, 11) is 0. The Hall–Kier alpha value is -2.98. The minimum Gasteiger partial charge on any atom is -0.355 e. The molecule has 2 N–H and O–H groups in total. The van der Waals surface area contributed by atoms with Crippen LogP contribution in [0.2, 0.25) is 5.02 Å². The number of allylic oxidation sites excluding steroid dienone is 3. The number of amides is 1. The third-order valence-corrected chi connectivity index (χ3v) is 5.76. The summed E-state index contributed by atoms with van der Waals surface area (Å²) >= 11 is 6.19. The third-order valence-electron chi connectivity index (χ3n) is 5.53. The van der Waals surface area contributed by atoms with Gasteiger partial charge in [0.15, 0.2) is 0 Å². The molecule has 2 aromatic carbocycles. The van der Waals surface area contributed by atoms with Gasteiger partial charge in [-0.3, -0.25) is 4.79 Å². The number of rotatable bonds is 4. The molecular formula is C23H20ClN3O. The molecular weight excluding hydrogens is 370 g/mol. The van der Waals surface area contributed by atoms with Crippen molar-refractivity contribution in [2.45, 2.75) is 24.5 Å². The second-order valence-corrected chi connectivity index (χ2v) is 7.81. The molecule has 1 amide bonds. The summed E-state index contributed by atoms with van der Waals surface area (Å²) in [5, 5.41) is 7.36. The van der Waals surface area contributed by atoms with E-state index >= 15 is 0 Å². The molecule has 0 bridgehead atoms. The summed E-state index contributed by atoms with van der Waals surface area (Å²) < 4.78 is 0. The van der Waals surface area contributed by atoms with Gasteiger partial charge in [0, 0.05) is 11.2 Å². The van der Waals surface area contributed by atoms with Gasteiger partial charge in [-0.15, -0.1) is 0 Å². The molecule has 2 aliphatic heterocycles. The Kier molecular flexibility index (Phi) is 4.02. The van der Waals surface area contributed by atoms with Crippen LogP contribution in [0.3, 0.4) is 0 Å². The number of hydrogen-bond acceptors (Lipinski definition) is 3. The molecule has 140 valence electrons. The third kappa shape index (κ3) is 2.90. The molecule has 3 aliphatic rings. The van der Waals surface area contributed by atoms with E-state index in [2.05, 4.69) is 27.7 Å². The summed E-state index contributed by atoms with van der Waals surface area (Å²) in [6.45, 7) is 0. The standard InChI is InChI=1S/C23H20ClN3O/c24-18-10-6-7-16(15-18)21-25-20(19-11-4-5-14-27(19)21)22(28)26-23(12-13-23)17-8-2-1-3-9-17/h1-11,14-15,21,25H,12-13H2,(H,26,28). The lowest BCUT2D eigenvalue weighted by molar-refractivity contribution is -0.118. The van der Waals surface area contributed by atoms with Gasteiger partial charge >= 0.3 is 0 Å². The fourth-order valence-corrected chi connectivity index (χ4v) is 4.12. The van der Waals surface area contributed by atoms with E-state index in [1.807, 2.05) is 66.9 Å². The lowest BCUT2D eigenvalue weighted by Crippen LogP contribution is -2.38. The minimum atomic E-state index is -0.249. The van der Waals surface area contributed by atoms with E-state index in [0.717, 1.165) is 29.7 Å². The van der Waals surface area contributed by atoms with Crippen molar-refractivity contribution in [3.05, 3.63) is 107 Å². The zero-order chi connectivity index (χ0) is 19.1. The van der Waals surface area contributed by atoms with Crippen molar-refractivity contribution in [3.63, 3.8) is 0 Å². The van der Waals surface area contributed by atoms with E-state index in [4.69, 9.17) is 11.6 Å². The number of benzene rings is 2. The predicted molar refractivity (Wildman–Crippen MR) is 110 cm³/mol. The second kappa shape index (κ2) is 6.57. The van der Waals surface area contributed by atoms with Crippen LogP contribution in [0.5, 0.6) is 0 Å². The summed E-state index contributed by atoms with van der Waals surface area (Å²) in [6.07, 6.45) is 9.63. The van der Waals surface area contributed by atoms with Crippen molar-refractivity contribution in [3.8, 4) is 0 Å². The van der Waals surface area contributed by atoms with Gasteiger partial charge in [0.25, 0.3) is 5.91 Å². The van der Waals surface area contributed by atoms with E-state index < -0.39 is 0 Å². The summed E-state index contributed by atoms with van der Waals surface area (Å²) in [5.41, 5.74) is 3.38. The van der Waals surface area contributed by atoms with Crippen molar-refractivity contribution in [1.29, 1.82) is 0 Å². The number of fused-ring (bicyclic) bond motifs is 1. The molecule has 5 rings (SSSR count). The van der Waals surface area contributed by atoms with Crippen molar-refractivity contribution in [1.82, 2.24) is 15.5 Å². The average molecular weight is 390 g/mol. The highest BCUT2D eigenvalue weighted by molar-refractivity contribution is 6.30. The molecule has 1 atom stereocenters. The summed E-state index contributed by atoms with van der Waals surface area (Å²) in [5.74, 6) is -0.0779. The maximum absolute atomic E-state index is 13.2. The van der Waals surface area contributed by atoms with Crippen LogP contribution in [0.25, 0.3) is 0 Å². The first kappa shape index (κ1) is 17.1. The molecule has 2 aromatic rings.